The molecule has 0 aliphatic carbocycles. The van der Waals surface area contributed by atoms with Crippen molar-refractivity contribution in [1.29, 1.82) is 0 Å². The summed E-state index contributed by atoms with van der Waals surface area (Å²) in [5.74, 6) is 0. The van der Waals surface area contributed by atoms with Gasteiger partial charge < -0.3 is 0 Å². The summed E-state index contributed by atoms with van der Waals surface area (Å²) >= 11 is 0. The average molecular weight is 644 g/mol. The van der Waals surface area contributed by atoms with Crippen molar-refractivity contribution in [3.63, 3.8) is 0 Å². The van der Waals surface area contributed by atoms with Gasteiger partial charge in [0.05, 0.1) is 45.6 Å². The Bertz CT molecular complexity index is 1430. The molecule has 0 aromatic heterocycles. The molecule has 0 aliphatic rings. The van der Waals surface area contributed by atoms with Crippen LogP contribution in [0.5, 0.6) is 0 Å². The standard InChI is InChI=1S/2C20H24N2.Ni/c2*1-13-9-7-10-14(2)19(13)21-17(5)18(6)22-20-15(3)11-8-12-16(20)4;/h2*7-12H,1-6H3;. The van der Waals surface area contributed by atoms with Gasteiger partial charge in [0.2, 0.25) is 0 Å². The molecule has 0 atom stereocenters. The summed E-state index contributed by atoms with van der Waals surface area (Å²) in [7, 11) is 0. The molecule has 0 aliphatic heterocycles. The van der Waals surface area contributed by atoms with Gasteiger partial charge in [-0.15, -0.1) is 0 Å². The molecule has 0 fully saturated rings. The molecule has 238 valence electrons. The van der Waals surface area contributed by atoms with Crippen LogP contribution in [0.3, 0.4) is 0 Å². The maximum Gasteiger partial charge on any atom is 0.0691 e. The van der Waals surface area contributed by atoms with Crippen LogP contribution < -0.4 is 0 Å². The molecule has 0 N–H and O–H groups in total. The molecule has 4 nitrogen and oxygen atoms in total. The Labute approximate surface area is 281 Å². The van der Waals surface area contributed by atoms with E-state index in [1.807, 2.05) is 27.7 Å². The van der Waals surface area contributed by atoms with Gasteiger partial charge in [-0.3, -0.25) is 20.0 Å². The van der Waals surface area contributed by atoms with Crippen LogP contribution in [-0.4, -0.2) is 22.8 Å². The largest absolute Gasteiger partial charge is 0.251 e. The monoisotopic (exact) mass is 642 g/mol. The van der Waals surface area contributed by atoms with Gasteiger partial charge in [0.1, 0.15) is 0 Å². The van der Waals surface area contributed by atoms with Gasteiger partial charge in [0.25, 0.3) is 0 Å². The van der Waals surface area contributed by atoms with Gasteiger partial charge in [0, 0.05) is 16.5 Å². The number of para-hydroxylation sites is 4. The third-order valence-electron chi connectivity index (χ3n) is 7.92. The van der Waals surface area contributed by atoms with Crippen molar-refractivity contribution in [3.05, 3.63) is 117 Å². The molecule has 0 unspecified atom stereocenters. The number of aryl methyl sites for hydroxylation is 8. The first-order chi connectivity index (χ1) is 20.8. The maximum absolute atomic E-state index is 4.80. The van der Waals surface area contributed by atoms with E-state index in [0.717, 1.165) is 45.6 Å². The third kappa shape index (κ3) is 10.0. The van der Waals surface area contributed by atoms with E-state index in [0.29, 0.717) is 0 Å². The predicted octanol–water partition coefficient (Wildman–Crippen LogP) is 11.6. The molecule has 4 aromatic carbocycles. The molecular weight excluding hydrogens is 595 g/mol. The van der Waals surface area contributed by atoms with Crippen molar-refractivity contribution in [2.24, 2.45) is 20.0 Å². The summed E-state index contributed by atoms with van der Waals surface area (Å²) in [4.78, 5) is 19.2. The van der Waals surface area contributed by atoms with Crippen LogP contribution in [-0.2, 0) is 16.5 Å². The first kappa shape index (κ1) is 37.2. The van der Waals surface area contributed by atoms with Gasteiger partial charge >= 0.3 is 0 Å². The molecule has 5 heteroatoms. The number of hydrogen-bond donors (Lipinski definition) is 0. The minimum Gasteiger partial charge on any atom is -0.251 e. The summed E-state index contributed by atoms with van der Waals surface area (Å²) in [6.07, 6.45) is 0. The summed E-state index contributed by atoms with van der Waals surface area (Å²) < 4.78 is 0. The van der Waals surface area contributed by atoms with E-state index in [1.54, 1.807) is 0 Å². The van der Waals surface area contributed by atoms with E-state index in [9.17, 15) is 0 Å². The van der Waals surface area contributed by atoms with Gasteiger partial charge in [-0.1, -0.05) is 72.8 Å². The van der Waals surface area contributed by atoms with Crippen LogP contribution in [0.4, 0.5) is 22.7 Å². The van der Waals surface area contributed by atoms with E-state index < -0.39 is 0 Å². The molecular formula is C40H48N4Ni. The first-order valence-electron chi connectivity index (χ1n) is 15.3. The predicted molar refractivity (Wildman–Crippen MR) is 195 cm³/mol. The van der Waals surface area contributed by atoms with Crippen molar-refractivity contribution in [2.75, 3.05) is 0 Å². The molecule has 45 heavy (non-hydrogen) atoms. The molecule has 0 radical (unpaired) electrons. The summed E-state index contributed by atoms with van der Waals surface area (Å²) in [5.41, 5.74) is 17.6. The quantitative estimate of drug-likeness (QED) is 0.148. The Morgan fingerprint density at radius 2 is 0.444 bits per heavy atom. The van der Waals surface area contributed by atoms with Crippen molar-refractivity contribution in [2.45, 2.75) is 83.1 Å². The molecule has 0 saturated carbocycles. The molecule has 4 rings (SSSR count). The Hall–Kier alpha value is -3.95. The van der Waals surface area contributed by atoms with E-state index >= 15 is 0 Å². The minimum absolute atomic E-state index is 0. The van der Waals surface area contributed by atoms with Crippen LogP contribution in [0.2, 0.25) is 0 Å². The van der Waals surface area contributed by atoms with Crippen LogP contribution >= 0.6 is 0 Å². The second-order valence-corrected chi connectivity index (χ2v) is 11.8. The fourth-order valence-corrected chi connectivity index (χ4v) is 4.92. The molecule has 0 heterocycles. The van der Waals surface area contributed by atoms with E-state index in [-0.39, 0.29) is 16.5 Å². The Morgan fingerprint density at radius 1 is 0.311 bits per heavy atom. The fraction of sp³-hybridized carbons (Fsp3) is 0.300. The van der Waals surface area contributed by atoms with E-state index in [4.69, 9.17) is 20.0 Å². The zero-order chi connectivity index (χ0) is 32.6. The molecule has 0 saturated heterocycles. The summed E-state index contributed by atoms with van der Waals surface area (Å²) in [6, 6.07) is 25.0. The summed E-state index contributed by atoms with van der Waals surface area (Å²) in [5, 5.41) is 0. The third-order valence-corrected chi connectivity index (χ3v) is 7.92. The van der Waals surface area contributed by atoms with Crippen LogP contribution in [0.15, 0.2) is 92.8 Å². The number of aliphatic imine (C=N–C) groups is 4. The number of hydrogen-bond acceptors (Lipinski definition) is 4. The number of nitrogens with zero attached hydrogens (tertiary/aromatic N) is 4. The Kier molecular flexibility index (Phi) is 14.0. The van der Waals surface area contributed by atoms with Gasteiger partial charge in [-0.2, -0.15) is 0 Å². The van der Waals surface area contributed by atoms with Gasteiger partial charge in [-0.05, 0) is 128 Å². The van der Waals surface area contributed by atoms with E-state index in [1.165, 1.54) is 44.5 Å². The second kappa shape index (κ2) is 16.9. The molecule has 0 bridgehead atoms. The SMILES string of the molecule is CC(=Nc1c(C)cccc1C)C(C)=Nc1c(C)cccc1C.CC(=Nc1c(C)cccc1C)C(C)=Nc1c(C)cccc1C.[Ni]. The summed E-state index contributed by atoms with van der Waals surface area (Å²) in [6.45, 7) is 24.9. The normalized spacial score (nSPS) is 12.4. The number of benzene rings is 4. The Balaban J connectivity index is 0.000000307. The van der Waals surface area contributed by atoms with Crippen LogP contribution in [0.25, 0.3) is 0 Å². The van der Waals surface area contributed by atoms with Crippen molar-refractivity contribution >= 4 is 45.6 Å². The van der Waals surface area contributed by atoms with E-state index in [2.05, 4.69) is 128 Å². The molecule has 0 spiro atoms. The smallest absolute Gasteiger partial charge is 0.0691 e. The minimum atomic E-state index is 0. The maximum atomic E-state index is 4.80. The number of rotatable bonds is 6. The van der Waals surface area contributed by atoms with Crippen molar-refractivity contribution in [3.8, 4) is 0 Å². The zero-order valence-corrected chi connectivity index (χ0v) is 30.0. The topological polar surface area (TPSA) is 49.4 Å². The zero-order valence-electron chi connectivity index (χ0n) is 29.0. The van der Waals surface area contributed by atoms with Gasteiger partial charge in [-0.25, -0.2) is 0 Å². The van der Waals surface area contributed by atoms with Crippen LogP contribution in [0, 0.1) is 55.4 Å². The van der Waals surface area contributed by atoms with Crippen molar-refractivity contribution in [1.82, 2.24) is 0 Å². The van der Waals surface area contributed by atoms with Crippen LogP contribution in [0.1, 0.15) is 72.2 Å². The van der Waals surface area contributed by atoms with Gasteiger partial charge in [0.15, 0.2) is 0 Å². The second-order valence-electron chi connectivity index (χ2n) is 11.8. The Morgan fingerprint density at radius 3 is 0.578 bits per heavy atom. The average Bonchev–Trinajstić information content (AvgIpc) is 2.97. The molecule has 4 aromatic rings. The van der Waals surface area contributed by atoms with Crippen molar-refractivity contribution < 1.29 is 16.5 Å². The fourth-order valence-electron chi connectivity index (χ4n) is 4.92. The first-order valence-corrected chi connectivity index (χ1v) is 15.3. The molecule has 0 amide bonds.